The van der Waals surface area contributed by atoms with E-state index in [0.29, 0.717) is 5.70 Å². The molecular formula is C12H9N3O. The van der Waals surface area contributed by atoms with Gasteiger partial charge in [0.1, 0.15) is 12.0 Å². The molecule has 0 radical (unpaired) electrons. The third kappa shape index (κ3) is 1.10. The van der Waals surface area contributed by atoms with Crippen LogP contribution in [0.4, 0.5) is 5.69 Å². The Kier molecular flexibility index (Phi) is 1.71. The number of benzene rings is 1. The Bertz CT molecular complexity index is 624. The van der Waals surface area contributed by atoms with Crippen LogP contribution in [-0.2, 0) is 4.79 Å². The number of anilines is 1. The fraction of sp³-hybridized carbons (Fsp3) is 0. The molecule has 2 aromatic rings. The maximum absolute atomic E-state index is 11.3. The molecule has 1 aromatic carbocycles. The lowest BCUT2D eigenvalue weighted by atomic mass is 10.2. The molecule has 1 aromatic heterocycles. The quantitative estimate of drug-likeness (QED) is 0.734. The van der Waals surface area contributed by atoms with Gasteiger partial charge in [-0.3, -0.25) is 9.69 Å². The average Bonchev–Trinajstić information content (AvgIpc) is 2.85. The van der Waals surface area contributed by atoms with Gasteiger partial charge >= 0.3 is 0 Å². The summed E-state index contributed by atoms with van der Waals surface area (Å²) in [6.45, 7) is 3.72. The van der Waals surface area contributed by atoms with Crippen molar-refractivity contribution in [2.75, 3.05) is 4.90 Å². The zero-order valence-corrected chi connectivity index (χ0v) is 8.47. The first-order chi connectivity index (χ1) is 7.77. The number of amides is 1. The highest BCUT2D eigenvalue weighted by molar-refractivity contribution is 6.15. The third-order valence-electron chi connectivity index (χ3n) is 2.66. The van der Waals surface area contributed by atoms with Crippen molar-refractivity contribution in [3.05, 3.63) is 42.7 Å². The molecule has 0 spiro atoms. The molecule has 0 bridgehead atoms. The minimum absolute atomic E-state index is 0.287. The van der Waals surface area contributed by atoms with Crippen LogP contribution in [0.5, 0.6) is 0 Å². The summed E-state index contributed by atoms with van der Waals surface area (Å²) in [5.74, 6) is -0.287. The van der Waals surface area contributed by atoms with E-state index in [1.807, 2.05) is 30.5 Å². The number of carbonyl (C=O) groups excluding carboxylic acids is 1. The highest BCUT2D eigenvalue weighted by atomic mass is 16.2. The fourth-order valence-electron chi connectivity index (χ4n) is 1.82. The molecule has 1 aliphatic heterocycles. The molecule has 0 atom stereocenters. The van der Waals surface area contributed by atoms with Gasteiger partial charge in [-0.05, 0) is 6.07 Å². The Morgan fingerprint density at radius 1 is 1.31 bits per heavy atom. The van der Waals surface area contributed by atoms with Gasteiger partial charge in [0.25, 0.3) is 5.91 Å². The molecule has 1 amide bonds. The summed E-state index contributed by atoms with van der Waals surface area (Å²) in [5.41, 5.74) is 2.30. The summed E-state index contributed by atoms with van der Waals surface area (Å²) in [5, 5.41) is 1.05. The number of rotatable bonds is 1. The summed E-state index contributed by atoms with van der Waals surface area (Å²) in [6, 6.07) is 7.89. The van der Waals surface area contributed by atoms with Crippen LogP contribution in [0.15, 0.2) is 47.7 Å². The number of fused-ring (bicyclic) bond motifs is 1. The van der Waals surface area contributed by atoms with Crippen molar-refractivity contribution >= 4 is 28.8 Å². The molecule has 0 saturated heterocycles. The lowest BCUT2D eigenvalue weighted by Gasteiger charge is -2.12. The van der Waals surface area contributed by atoms with Gasteiger partial charge in [0.2, 0.25) is 0 Å². The predicted octanol–water partition coefficient (Wildman–Crippen LogP) is 2.06. The van der Waals surface area contributed by atoms with Gasteiger partial charge in [-0.15, -0.1) is 0 Å². The van der Waals surface area contributed by atoms with Crippen LogP contribution >= 0.6 is 0 Å². The molecule has 2 heterocycles. The zero-order chi connectivity index (χ0) is 11.1. The fourth-order valence-corrected chi connectivity index (χ4v) is 1.82. The number of hydrogen-bond acceptors (Lipinski definition) is 2. The molecule has 4 nitrogen and oxygen atoms in total. The second-order valence-corrected chi connectivity index (χ2v) is 3.59. The minimum atomic E-state index is -0.287. The number of para-hydroxylation sites is 1. The number of hydrogen-bond donors (Lipinski definition) is 1. The van der Waals surface area contributed by atoms with Crippen molar-refractivity contribution in [2.45, 2.75) is 0 Å². The summed E-state index contributed by atoms with van der Waals surface area (Å²) in [4.78, 5) is 19.8. The third-order valence-corrected chi connectivity index (χ3v) is 2.66. The van der Waals surface area contributed by atoms with Gasteiger partial charge in [0.05, 0.1) is 5.69 Å². The monoisotopic (exact) mass is 211 g/mol. The maximum Gasteiger partial charge on any atom is 0.294 e. The number of aromatic nitrogens is 1. The lowest BCUT2D eigenvalue weighted by molar-refractivity contribution is -0.113. The van der Waals surface area contributed by atoms with E-state index in [2.05, 4.69) is 16.6 Å². The normalized spacial score (nSPS) is 15.4. The highest BCUT2D eigenvalue weighted by Crippen LogP contribution is 2.29. The Hall–Kier alpha value is -2.36. The van der Waals surface area contributed by atoms with Crippen LogP contribution in [0, 0.1) is 0 Å². The first kappa shape index (κ1) is 8.91. The standard InChI is InChI=1S/C12H9N3O/c1-8-12(16)14-7-15(8)11-6-13-10-5-3-2-4-9(10)11/h2-7,13H,1H2. The van der Waals surface area contributed by atoms with Crippen molar-refractivity contribution in [1.29, 1.82) is 0 Å². The predicted molar refractivity (Wildman–Crippen MR) is 63.4 cm³/mol. The first-order valence-corrected chi connectivity index (χ1v) is 4.90. The van der Waals surface area contributed by atoms with E-state index in [9.17, 15) is 4.79 Å². The van der Waals surface area contributed by atoms with Crippen molar-refractivity contribution in [3.63, 3.8) is 0 Å². The Labute approximate surface area is 91.9 Å². The van der Waals surface area contributed by atoms with Crippen molar-refractivity contribution < 1.29 is 4.79 Å². The average molecular weight is 211 g/mol. The minimum Gasteiger partial charge on any atom is -0.359 e. The smallest absolute Gasteiger partial charge is 0.294 e. The molecule has 0 fully saturated rings. The van der Waals surface area contributed by atoms with E-state index in [4.69, 9.17) is 0 Å². The van der Waals surface area contributed by atoms with Gasteiger partial charge < -0.3 is 4.98 Å². The molecule has 78 valence electrons. The number of nitrogens with zero attached hydrogens (tertiary/aromatic N) is 2. The molecule has 0 unspecified atom stereocenters. The summed E-state index contributed by atoms with van der Waals surface area (Å²) >= 11 is 0. The molecule has 1 N–H and O–H groups in total. The number of aliphatic imine (C=N–C) groups is 1. The molecule has 4 heteroatoms. The maximum atomic E-state index is 11.3. The van der Waals surface area contributed by atoms with E-state index < -0.39 is 0 Å². The van der Waals surface area contributed by atoms with Crippen molar-refractivity contribution in [1.82, 2.24) is 4.98 Å². The Morgan fingerprint density at radius 2 is 2.12 bits per heavy atom. The number of aromatic amines is 1. The highest BCUT2D eigenvalue weighted by Gasteiger charge is 2.22. The second kappa shape index (κ2) is 3.06. The van der Waals surface area contributed by atoms with E-state index in [1.165, 1.54) is 6.34 Å². The second-order valence-electron chi connectivity index (χ2n) is 3.59. The van der Waals surface area contributed by atoms with Crippen LogP contribution in [0.25, 0.3) is 10.9 Å². The largest absolute Gasteiger partial charge is 0.359 e. The van der Waals surface area contributed by atoms with E-state index in [-0.39, 0.29) is 5.91 Å². The van der Waals surface area contributed by atoms with Crippen LogP contribution in [-0.4, -0.2) is 17.2 Å². The number of carbonyl (C=O) groups is 1. The molecule has 0 aliphatic carbocycles. The van der Waals surface area contributed by atoms with Crippen LogP contribution in [0.3, 0.4) is 0 Å². The molecule has 0 saturated carbocycles. The Balaban J connectivity index is 2.17. The summed E-state index contributed by atoms with van der Waals surface area (Å²) in [6.07, 6.45) is 3.35. The summed E-state index contributed by atoms with van der Waals surface area (Å²) in [7, 11) is 0. The van der Waals surface area contributed by atoms with E-state index >= 15 is 0 Å². The SMILES string of the molecule is C=C1C(=O)N=CN1c1c[nH]c2ccccc12. The van der Waals surface area contributed by atoms with Crippen LogP contribution in [0.2, 0.25) is 0 Å². The molecule has 16 heavy (non-hydrogen) atoms. The first-order valence-electron chi connectivity index (χ1n) is 4.90. The number of H-pyrrole nitrogens is 1. The zero-order valence-electron chi connectivity index (χ0n) is 8.47. The van der Waals surface area contributed by atoms with E-state index in [1.54, 1.807) is 4.90 Å². The molecular weight excluding hydrogens is 202 g/mol. The van der Waals surface area contributed by atoms with Gasteiger partial charge in [-0.1, -0.05) is 24.8 Å². The topological polar surface area (TPSA) is 48.5 Å². The van der Waals surface area contributed by atoms with Crippen LogP contribution < -0.4 is 4.90 Å². The van der Waals surface area contributed by atoms with Gasteiger partial charge in [0, 0.05) is 17.1 Å². The van der Waals surface area contributed by atoms with E-state index in [0.717, 1.165) is 16.6 Å². The van der Waals surface area contributed by atoms with Crippen molar-refractivity contribution in [2.24, 2.45) is 4.99 Å². The lowest BCUT2D eigenvalue weighted by Crippen LogP contribution is -2.16. The molecule has 1 aliphatic rings. The summed E-state index contributed by atoms with van der Waals surface area (Å²) < 4.78 is 0. The Morgan fingerprint density at radius 3 is 2.88 bits per heavy atom. The van der Waals surface area contributed by atoms with Crippen molar-refractivity contribution in [3.8, 4) is 0 Å². The van der Waals surface area contributed by atoms with Crippen LogP contribution in [0.1, 0.15) is 0 Å². The van der Waals surface area contributed by atoms with Gasteiger partial charge in [0.15, 0.2) is 0 Å². The van der Waals surface area contributed by atoms with Gasteiger partial charge in [-0.2, -0.15) is 4.99 Å². The molecule has 3 rings (SSSR count). The van der Waals surface area contributed by atoms with Gasteiger partial charge in [-0.25, -0.2) is 0 Å². The number of nitrogens with one attached hydrogen (secondary N) is 1.